The molecule has 0 aliphatic heterocycles. The largest absolute Gasteiger partial charge is 0.309 e. The molecular formula is C61H39N. The number of benzene rings is 11. The lowest BCUT2D eigenvalue weighted by Crippen LogP contribution is -2.36. The Balaban J connectivity index is 1.19. The first-order valence-electron chi connectivity index (χ1n) is 21.6. The van der Waals surface area contributed by atoms with Crippen molar-refractivity contribution in [1.82, 2.24) is 0 Å². The van der Waals surface area contributed by atoms with Crippen molar-refractivity contribution >= 4 is 49.4 Å². The van der Waals surface area contributed by atoms with Crippen molar-refractivity contribution in [3.8, 4) is 44.5 Å². The fourth-order valence-corrected chi connectivity index (χ4v) is 11.2. The molecule has 1 spiro atoms. The van der Waals surface area contributed by atoms with E-state index < -0.39 is 5.41 Å². The Bertz CT molecular complexity index is 3570. The van der Waals surface area contributed by atoms with Gasteiger partial charge in [-0.2, -0.15) is 0 Å². The van der Waals surface area contributed by atoms with Gasteiger partial charge in [0.15, 0.2) is 0 Å². The minimum Gasteiger partial charge on any atom is -0.309 e. The Morgan fingerprint density at radius 1 is 0.274 bits per heavy atom. The second-order valence-electron chi connectivity index (χ2n) is 16.7. The molecule has 11 aromatic rings. The summed E-state index contributed by atoms with van der Waals surface area (Å²) in [7, 11) is 0. The van der Waals surface area contributed by atoms with Gasteiger partial charge in [0.05, 0.1) is 11.1 Å². The summed E-state index contributed by atoms with van der Waals surface area (Å²) in [5, 5.41) is 7.59. The monoisotopic (exact) mass is 785 g/mol. The Labute approximate surface area is 361 Å². The van der Waals surface area contributed by atoms with E-state index in [9.17, 15) is 0 Å². The highest BCUT2D eigenvalue weighted by Crippen LogP contribution is 2.62. The molecule has 1 heteroatoms. The third kappa shape index (κ3) is 4.85. The molecule has 1 atom stereocenters. The van der Waals surface area contributed by atoms with Crippen molar-refractivity contribution in [3.05, 3.63) is 259 Å². The number of fused-ring (bicyclic) bond motifs is 9. The number of anilines is 3. The summed E-state index contributed by atoms with van der Waals surface area (Å²) in [5.74, 6) is 0. The molecule has 288 valence electrons. The summed E-state index contributed by atoms with van der Waals surface area (Å²) >= 11 is 0. The second kappa shape index (κ2) is 13.5. The normalized spacial score (nSPS) is 14.5. The van der Waals surface area contributed by atoms with Gasteiger partial charge in [-0.25, -0.2) is 0 Å². The first-order chi connectivity index (χ1) is 30.8. The van der Waals surface area contributed by atoms with Gasteiger partial charge < -0.3 is 4.90 Å². The minimum absolute atomic E-state index is 0.638. The Morgan fingerprint density at radius 2 is 0.790 bits per heavy atom. The zero-order chi connectivity index (χ0) is 40.8. The Morgan fingerprint density at radius 3 is 1.60 bits per heavy atom. The van der Waals surface area contributed by atoms with Crippen LogP contribution in [0.1, 0.15) is 22.3 Å². The highest BCUT2D eigenvalue weighted by atomic mass is 15.1. The van der Waals surface area contributed by atoms with E-state index in [0.717, 1.165) is 17.1 Å². The van der Waals surface area contributed by atoms with Crippen LogP contribution in [0.25, 0.3) is 76.8 Å². The zero-order valence-corrected chi connectivity index (χ0v) is 34.0. The molecule has 0 saturated carbocycles. The van der Waals surface area contributed by atoms with Gasteiger partial charge in [-0.1, -0.05) is 212 Å². The lowest BCUT2D eigenvalue weighted by atomic mass is 9.55. The molecule has 1 nitrogen and oxygen atoms in total. The molecule has 1 unspecified atom stereocenters. The molecular weight excluding hydrogens is 747 g/mol. The number of para-hydroxylation sites is 1. The van der Waals surface area contributed by atoms with Gasteiger partial charge in [-0.05, 0) is 112 Å². The molecule has 0 radical (unpaired) electrons. The molecule has 62 heavy (non-hydrogen) atoms. The topological polar surface area (TPSA) is 3.24 Å². The molecule has 11 aromatic carbocycles. The van der Waals surface area contributed by atoms with Crippen LogP contribution in [0, 0.1) is 0 Å². The maximum atomic E-state index is 2.54. The number of rotatable bonds is 5. The van der Waals surface area contributed by atoms with Crippen LogP contribution in [0.3, 0.4) is 0 Å². The Hall–Kier alpha value is -8.00. The highest BCUT2D eigenvalue weighted by Gasteiger charge is 2.49. The Kier molecular flexibility index (Phi) is 7.59. The van der Waals surface area contributed by atoms with Crippen molar-refractivity contribution in [2.45, 2.75) is 5.41 Å². The predicted molar refractivity (Wildman–Crippen MR) is 261 cm³/mol. The SMILES string of the molecule is c1ccc(-c2ccc3ccccc3c2N(c2ccccc2)c2ccc3c(c2)C2(c4ccccc4-c4cccc5cccc2c45)c2cccc4c(-c5ccccc5)ccc-3c24)cc1. The van der Waals surface area contributed by atoms with Gasteiger partial charge in [-0.15, -0.1) is 0 Å². The summed E-state index contributed by atoms with van der Waals surface area (Å²) in [4.78, 5) is 2.51. The van der Waals surface area contributed by atoms with Crippen molar-refractivity contribution < 1.29 is 0 Å². The highest BCUT2D eigenvalue weighted by molar-refractivity contribution is 6.14. The molecule has 0 fully saturated rings. The van der Waals surface area contributed by atoms with Gasteiger partial charge in [0.2, 0.25) is 0 Å². The molecule has 0 bridgehead atoms. The quantitative estimate of drug-likeness (QED) is 0.168. The van der Waals surface area contributed by atoms with E-state index >= 15 is 0 Å². The average Bonchev–Trinajstić information content (AvgIpc) is 3.35. The molecule has 0 aromatic heterocycles. The van der Waals surface area contributed by atoms with Crippen molar-refractivity contribution in [2.24, 2.45) is 0 Å². The van der Waals surface area contributed by atoms with Crippen molar-refractivity contribution in [1.29, 1.82) is 0 Å². The standard InChI is InChI=1S/C61H39N/c1-4-17-40(18-5-1)46-37-38-53-50-36-34-45(62(44-24-8-3-9-25-44)60-47-26-11-10-21-42(47)33-35-48(60)41-19-6-2-7-20-41)39-57(50)61(56-32-16-29-51(46)59(53)56)54-30-13-12-27-49(54)52-28-14-22-43-23-15-31-55(61)58(43)52/h1-39H. The van der Waals surface area contributed by atoms with E-state index in [1.165, 1.54) is 99.1 Å². The van der Waals surface area contributed by atoms with Crippen molar-refractivity contribution in [3.63, 3.8) is 0 Å². The van der Waals surface area contributed by atoms with Gasteiger partial charge in [-0.3, -0.25) is 0 Å². The second-order valence-corrected chi connectivity index (χ2v) is 16.7. The molecule has 0 saturated heterocycles. The molecule has 13 rings (SSSR count). The van der Waals surface area contributed by atoms with Crippen LogP contribution in [0.2, 0.25) is 0 Å². The van der Waals surface area contributed by atoms with Crippen LogP contribution in [-0.2, 0) is 5.41 Å². The van der Waals surface area contributed by atoms with E-state index in [4.69, 9.17) is 0 Å². The van der Waals surface area contributed by atoms with E-state index in [0.29, 0.717) is 0 Å². The first kappa shape index (κ1) is 34.8. The fourth-order valence-electron chi connectivity index (χ4n) is 11.2. The molecule has 0 amide bonds. The summed E-state index contributed by atoms with van der Waals surface area (Å²) in [6, 6.07) is 88.2. The fraction of sp³-hybridized carbons (Fsp3) is 0.0164. The van der Waals surface area contributed by atoms with Crippen LogP contribution in [0.4, 0.5) is 17.1 Å². The van der Waals surface area contributed by atoms with E-state index in [-0.39, 0.29) is 0 Å². The van der Waals surface area contributed by atoms with Crippen LogP contribution in [0.5, 0.6) is 0 Å². The smallest absolute Gasteiger partial charge is 0.0726 e. The first-order valence-corrected chi connectivity index (χ1v) is 21.6. The maximum absolute atomic E-state index is 2.54. The molecule has 0 N–H and O–H groups in total. The van der Waals surface area contributed by atoms with Crippen LogP contribution in [0.15, 0.2) is 237 Å². The minimum atomic E-state index is -0.638. The summed E-state index contributed by atoms with van der Waals surface area (Å²) in [6.07, 6.45) is 0. The van der Waals surface area contributed by atoms with Gasteiger partial charge >= 0.3 is 0 Å². The molecule has 2 aliphatic rings. The van der Waals surface area contributed by atoms with E-state index in [2.05, 4.69) is 241 Å². The lowest BCUT2D eigenvalue weighted by Gasteiger charge is -2.46. The van der Waals surface area contributed by atoms with Gasteiger partial charge in [0.25, 0.3) is 0 Å². The predicted octanol–water partition coefficient (Wildman–Crippen LogP) is 16.3. The number of hydrogen-bond donors (Lipinski definition) is 0. The van der Waals surface area contributed by atoms with E-state index in [1.807, 2.05) is 0 Å². The zero-order valence-electron chi connectivity index (χ0n) is 34.0. The van der Waals surface area contributed by atoms with Crippen LogP contribution < -0.4 is 4.90 Å². The van der Waals surface area contributed by atoms with Crippen LogP contribution >= 0.6 is 0 Å². The van der Waals surface area contributed by atoms with Gasteiger partial charge in [0.1, 0.15) is 0 Å². The third-order valence-electron chi connectivity index (χ3n) is 13.6. The number of hydrogen-bond acceptors (Lipinski definition) is 1. The average molecular weight is 786 g/mol. The van der Waals surface area contributed by atoms with Gasteiger partial charge in [0, 0.05) is 22.3 Å². The van der Waals surface area contributed by atoms with E-state index in [1.54, 1.807) is 0 Å². The van der Waals surface area contributed by atoms with Crippen molar-refractivity contribution in [2.75, 3.05) is 4.90 Å². The summed E-state index contributed by atoms with van der Waals surface area (Å²) in [6.45, 7) is 0. The summed E-state index contributed by atoms with van der Waals surface area (Å²) < 4.78 is 0. The lowest BCUT2D eigenvalue weighted by molar-refractivity contribution is 0.754. The summed E-state index contributed by atoms with van der Waals surface area (Å²) in [5.41, 5.74) is 18.0. The molecule has 0 heterocycles. The molecule has 2 aliphatic carbocycles. The third-order valence-corrected chi connectivity index (χ3v) is 13.6. The number of nitrogens with zero attached hydrogens (tertiary/aromatic N) is 1. The van der Waals surface area contributed by atoms with Crippen LogP contribution in [-0.4, -0.2) is 0 Å². The maximum Gasteiger partial charge on any atom is 0.0726 e.